The normalized spacial score (nSPS) is 11.6. The minimum absolute atomic E-state index is 0.287. The lowest BCUT2D eigenvalue weighted by molar-refractivity contribution is 0.322. The summed E-state index contributed by atoms with van der Waals surface area (Å²) in [7, 11) is 0. The van der Waals surface area contributed by atoms with Gasteiger partial charge in [0.25, 0.3) is 0 Å². The molecule has 0 bridgehead atoms. The molecule has 0 radical (unpaired) electrons. The second kappa shape index (κ2) is 9.35. The molecule has 0 aliphatic rings. The molecule has 0 aliphatic carbocycles. The number of aliphatic hydroxyl groups excluding tert-OH is 1. The van der Waals surface area contributed by atoms with Crippen LogP contribution in [0.2, 0.25) is 0 Å². The molecule has 0 spiro atoms. The molecular weight excluding hydrogens is 192 g/mol. The van der Waals surface area contributed by atoms with Crippen molar-refractivity contribution in [3.63, 3.8) is 0 Å². The summed E-state index contributed by atoms with van der Waals surface area (Å²) in [6, 6.07) is 0. The van der Waals surface area contributed by atoms with E-state index in [9.17, 15) is 0 Å². The fourth-order valence-corrected chi connectivity index (χ4v) is 1.74. The molecule has 0 saturated heterocycles. The van der Waals surface area contributed by atoms with Crippen LogP contribution in [-0.4, -0.2) is 23.2 Å². The molecular formula is C12H22OS. The molecule has 1 nitrogen and oxygen atoms in total. The van der Waals surface area contributed by atoms with Gasteiger partial charge in [-0.05, 0) is 33.6 Å². The van der Waals surface area contributed by atoms with Gasteiger partial charge in [-0.1, -0.05) is 23.3 Å². The number of hydrogen-bond donors (Lipinski definition) is 1. The van der Waals surface area contributed by atoms with Gasteiger partial charge in [0.1, 0.15) is 0 Å². The summed E-state index contributed by atoms with van der Waals surface area (Å²) in [6.45, 7) is 6.74. The highest BCUT2D eigenvalue weighted by molar-refractivity contribution is 7.99. The highest BCUT2D eigenvalue weighted by Gasteiger charge is 1.89. The van der Waals surface area contributed by atoms with Crippen LogP contribution in [0, 0.1) is 0 Å². The van der Waals surface area contributed by atoms with Gasteiger partial charge in [-0.25, -0.2) is 0 Å². The molecule has 0 amide bonds. The van der Waals surface area contributed by atoms with E-state index in [1.54, 1.807) is 11.8 Å². The van der Waals surface area contributed by atoms with Crippen molar-refractivity contribution >= 4 is 11.8 Å². The first-order valence-corrected chi connectivity index (χ1v) is 6.30. The lowest BCUT2D eigenvalue weighted by Gasteiger charge is -1.99. The third-order valence-electron chi connectivity index (χ3n) is 1.88. The number of allylic oxidation sites excluding steroid dienone is 3. The molecule has 0 atom stereocenters. The summed E-state index contributed by atoms with van der Waals surface area (Å²) in [5.74, 6) is 1.87. The van der Waals surface area contributed by atoms with Crippen LogP contribution in [0.4, 0.5) is 0 Å². The van der Waals surface area contributed by atoms with Crippen molar-refractivity contribution < 1.29 is 5.11 Å². The Balaban J connectivity index is 3.52. The molecule has 0 aromatic carbocycles. The Morgan fingerprint density at radius 2 is 1.93 bits per heavy atom. The van der Waals surface area contributed by atoms with Crippen LogP contribution in [0.25, 0.3) is 0 Å². The number of rotatable bonds is 7. The maximum absolute atomic E-state index is 8.58. The van der Waals surface area contributed by atoms with E-state index in [2.05, 4.69) is 32.9 Å². The monoisotopic (exact) mass is 214 g/mol. The standard InChI is InChI=1S/C12H22OS/c1-11(2)5-4-6-12(3)7-9-14-10-8-13/h5,7,13H,4,6,8-10H2,1-3H3. The van der Waals surface area contributed by atoms with Gasteiger partial charge in [0.15, 0.2) is 0 Å². The Kier molecular flexibility index (Phi) is 9.21. The molecule has 0 aromatic heterocycles. The molecule has 0 aliphatic heterocycles. The lowest BCUT2D eigenvalue weighted by atomic mass is 10.1. The first-order chi connectivity index (χ1) is 6.66. The van der Waals surface area contributed by atoms with Gasteiger partial charge in [0.2, 0.25) is 0 Å². The van der Waals surface area contributed by atoms with E-state index in [-0.39, 0.29) is 6.61 Å². The van der Waals surface area contributed by atoms with Crippen LogP contribution in [0.3, 0.4) is 0 Å². The van der Waals surface area contributed by atoms with Crippen molar-refractivity contribution in [2.75, 3.05) is 18.1 Å². The number of thioether (sulfide) groups is 1. The van der Waals surface area contributed by atoms with Crippen molar-refractivity contribution in [1.82, 2.24) is 0 Å². The Morgan fingerprint density at radius 3 is 2.50 bits per heavy atom. The van der Waals surface area contributed by atoms with Crippen molar-refractivity contribution in [3.05, 3.63) is 23.3 Å². The zero-order valence-electron chi connectivity index (χ0n) is 9.55. The smallest absolute Gasteiger partial charge is 0.0521 e. The Labute approximate surface area is 92.3 Å². The zero-order chi connectivity index (χ0) is 10.8. The maximum atomic E-state index is 8.58. The highest BCUT2D eigenvalue weighted by Crippen LogP contribution is 2.08. The minimum Gasteiger partial charge on any atom is -0.396 e. The Bertz CT molecular complexity index is 190. The first kappa shape index (κ1) is 13.8. The average Bonchev–Trinajstić information content (AvgIpc) is 2.12. The number of hydrogen-bond acceptors (Lipinski definition) is 2. The second-order valence-electron chi connectivity index (χ2n) is 3.67. The van der Waals surface area contributed by atoms with Crippen LogP contribution >= 0.6 is 11.8 Å². The predicted octanol–water partition coefficient (Wildman–Crippen LogP) is 3.40. The molecule has 82 valence electrons. The summed E-state index contributed by atoms with van der Waals surface area (Å²) in [6.07, 6.45) is 6.84. The molecule has 0 heterocycles. The predicted molar refractivity (Wildman–Crippen MR) is 66.8 cm³/mol. The zero-order valence-corrected chi connectivity index (χ0v) is 10.4. The van der Waals surface area contributed by atoms with Crippen LogP contribution in [0.1, 0.15) is 33.6 Å². The van der Waals surface area contributed by atoms with Crippen LogP contribution in [0.15, 0.2) is 23.3 Å². The van der Waals surface area contributed by atoms with Gasteiger partial charge in [-0.2, -0.15) is 11.8 Å². The van der Waals surface area contributed by atoms with E-state index in [0.29, 0.717) is 0 Å². The van der Waals surface area contributed by atoms with E-state index >= 15 is 0 Å². The molecule has 14 heavy (non-hydrogen) atoms. The second-order valence-corrected chi connectivity index (χ2v) is 4.82. The van der Waals surface area contributed by atoms with E-state index in [0.717, 1.165) is 24.3 Å². The van der Waals surface area contributed by atoms with Crippen LogP contribution in [0.5, 0.6) is 0 Å². The van der Waals surface area contributed by atoms with Gasteiger partial charge in [0.05, 0.1) is 6.61 Å². The molecule has 0 unspecified atom stereocenters. The topological polar surface area (TPSA) is 20.2 Å². The largest absolute Gasteiger partial charge is 0.396 e. The first-order valence-electron chi connectivity index (χ1n) is 5.14. The average molecular weight is 214 g/mol. The molecule has 2 heteroatoms. The quantitative estimate of drug-likeness (QED) is 0.518. The van der Waals surface area contributed by atoms with Gasteiger partial charge in [0, 0.05) is 11.5 Å². The van der Waals surface area contributed by atoms with E-state index < -0.39 is 0 Å². The summed E-state index contributed by atoms with van der Waals surface area (Å²) in [5, 5.41) is 8.58. The Hall–Kier alpha value is -0.210. The molecule has 0 fully saturated rings. The maximum Gasteiger partial charge on any atom is 0.0521 e. The minimum atomic E-state index is 0.287. The fraction of sp³-hybridized carbons (Fsp3) is 0.667. The molecule has 0 aromatic rings. The summed E-state index contributed by atoms with van der Waals surface area (Å²) in [4.78, 5) is 0. The van der Waals surface area contributed by atoms with Crippen molar-refractivity contribution in [3.8, 4) is 0 Å². The van der Waals surface area contributed by atoms with Crippen LogP contribution in [-0.2, 0) is 0 Å². The van der Waals surface area contributed by atoms with Gasteiger partial charge >= 0.3 is 0 Å². The summed E-state index contributed by atoms with van der Waals surface area (Å²) < 4.78 is 0. The third-order valence-corrected chi connectivity index (χ3v) is 2.75. The van der Waals surface area contributed by atoms with Crippen molar-refractivity contribution in [2.24, 2.45) is 0 Å². The summed E-state index contributed by atoms with van der Waals surface area (Å²) in [5.41, 5.74) is 2.85. The molecule has 0 saturated carbocycles. The molecule has 0 rings (SSSR count). The summed E-state index contributed by atoms with van der Waals surface area (Å²) >= 11 is 1.78. The lowest BCUT2D eigenvalue weighted by Crippen LogP contribution is -1.87. The fourth-order valence-electron chi connectivity index (χ4n) is 1.04. The van der Waals surface area contributed by atoms with Crippen molar-refractivity contribution in [1.29, 1.82) is 0 Å². The Morgan fingerprint density at radius 1 is 1.21 bits per heavy atom. The molecule has 1 N–H and O–H groups in total. The van der Waals surface area contributed by atoms with Crippen LogP contribution < -0.4 is 0 Å². The van der Waals surface area contributed by atoms with E-state index in [1.807, 2.05) is 0 Å². The van der Waals surface area contributed by atoms with Crippen molar-refractivity contribution in [2.45, 2.75) is 33.6 Å². The SMILES string of the molecule is CC(C)=CCCC(C)=CCSCCO. The number of aliphatic hydroxyl groups is 1. The highest BCUT2D eigenvalue weighted by atomic mass is 32.2. The van der Waals surface area contributed by atoms with E-state index in [1.165, 1.54) is 11.1 Å². The van der Waals surface area contributed by atoms with E-state index in [4.69, 9.17) is 5.11 Å². The van der Waals surface area contributed by atoms with Gasteiger partial charge < -0.3 is 5.11 Å². The van der Waals surface area contributed by atoms with Gasteiger partial charge in [-0.15, -0.1) is 0 Å². The van der Waals surface area contributed by atoms with Gasteiger partial charge in [-0.3, -0.25) is 0 Å². The third kappa shape index (κ3) is 9.87.